The highest BCUT2D eigenvalue weighted by atomic mass is 16.5. The van der Waals surface area contributed by atoms with E-state index in [2.05, 4.69) is 33.2 Å². The molecule has 20 heavy (non-hydrogen) atoms. The maximum absolute atomic E-state index is 5.78. The number of hydrogen-bond donors (Lipinski definition) is 1. The van der Waals surface area contributed by atoms with E-state index in [4.69, 9.17) is 10.5 Å². The van der Waals surface area contributed by atoms with Crippen LogP contribution in [0.4, 0.5) is 0 Å². The lowest BCUT2D eigenvalue weighted by Crippen LogP contribution is -2.35. The molecule has 0 bridgehead atoms. The molecular formula is C15H14N4O. The lowest BCUT2D eigenvalue weighted by molar-refractivity contribution is 0.0977. The van der Waals surface area contributed by atoms with E-state index in [1.54, 1.807) is 6.33 Å². The van der Waals surface area contributed by atoms with Crippen LogP contribution in [0, 0.1) is 0 Å². The highest BCUT2D eigenvalue weighted by Crippen LogP contribution is 2.40. The molecule has 1 aromatic carbocycles. The summed E-state index contributed by atoms with van der Waals surface area (Å²) in [6.07, 6.45) is 6.91. The largest absolute Gasteiger partial charge is 0.456 e. The number of hydrogen-bond acceptors (Lipinski definition) is 5. The average molecular weight is 266 g/mol. The molecule has 0 saturated carbocycles. The first-order valence-corrected chi connectivity index (χ1v) is 6.61. The van der Waals surface area contributed by atoms with Gasteiger partial charge in [0.1, 0.15) is 11.9 Å². The summed E-state index contributed by atoms with van der Waals surface area (Å²) in [5, 5.41) is 0. The molecule has 2 aliphatic rings. The van der Waals surface area contributed by atoms with Crippen LogP contribution in [0.5, 0.6) is 0 Å². The van der Waals surface area contributed by atoms with Gasteiger partial charge in [-0.2, -0.15) is 0 Å². The van der Waals surface area contributed by atoms with Crippen molar-refractivity contribution in [1.29, 1.82) is 0 Å². The van der Waals surface area contributed by atoms with E-state index in [0.717, 1.165) is 18.4 Å². The van der Waals surface area contributed by atoms with Gasteiger partial charge >= 0.3 is 0 Å². The zero-order valence-electron chi connectivity index (χ0n) is 10.9. The first kappa shape index (κ1) is 11.4. The zero-order valence-corrected chi connectivity index (χ0v) is 10.9. The quantitative estimate of drug-likeness (QED) is 0.845. The number of nitrogens with zero attached hydrogens (tertiary/aromatic N) is 3. The van der Waals surface area contributed by atoms with Crippen molar-refractivity contribution < 1.29 is 4.74 Å². The van der Waals surface area contributed by atoms with Gasteiger partial charge in [0.25, 0.3) is 6.02 Å². The molecule has 2 N–H and O–H groups in total. The van der Waals surface area contributed by atoms with E-state index in [9.17, 15) is 0 Å². The van der Waals surface area contributed by atoms with Crippen molar-refractivity contribution in [2.24, 2.45) is 10.7 Å². The van der Waals surface area contributed by atoms with Crippen molar-refractivity contribution in [3.8, 4) is 11.1 Å². The van der Waals surface area contributed by atoms with E-state index in [-0.39, 0.29) is 5.60 Å². The fourth-order valence-corrected chi connectivity index (χ4v) is 3.14. The number of aliphatic imine (C=N–C) groups is 1. The van der Waals surface area contributed by atoms with Crippen LogP contribution in [0.2, 0.25) is 0 Å². The van der Waals surface area contributed by atoms with Gasteiger partial charge < -0.3 is 10.5 Å². The second kappa shape index (κ2) is 4.03. The van der Waals surface area contributed by atoms with Gasteiger partial charge in [-0.25, -0.2) is 15.0 Å². The fourth-order valence-electron chi connectivity index (χ4n) is 3.14. The summed E-state index contributed by atoms with van der Waals surface area (Å²) < 4.78 is 5.78. The zero-order chi connectivity index (χ0) is 13.6. The summed E-state index contributed by atoms with van der Waals surface area (Å²) in [6.45, 7) is 0.637. The molecule has 100 valence electrons. The maximum atomic E-state index is 5.78. The summed E-state index contributed by atoms with van der Waals surface area (Å²) in [6, 6.07) is 6.63. The molecule has 1 aromatic heterocycles. The molecular weight excluding hydrogens is 252 g/mol. The number of rotatable bonds is 1. The van der Waals surface area contributed by atoms with Crippen LogP contribution in [0.3, 0.4) is 0 Å². The first-order valence-electron chi connectivity index (χ1n) is 6.61. The van der Waals surface area contributed by atoms with Gasteiger partial charge in [0.05, 0.1) is 6.54 Å². The van der Waals surface area contributed by atoms with Crippen LogP contribution >= 0.6 is 0 Å². The molecule has 0 fully saturated rings. The smallest absolute Gasteiger partial charge is 0.282 e. The van der Waals surface area contributed by atoms with Gasteiger partial charge in [-0.3, -0.25) is 0 Å². The molecule has 0 amide bonds. The Bertz CT molecular complexity index is 698. The Balaban J connectivity index is 1.76. The van der Waals surface area contributed by atoms with E-state index in [0.29, 0.717) is 12.6 Å². The van der Waals surface area contributed by atoms with E-state index >= 15 is 0 Å². The molecule has 1 spiro atoms. The standard InChI is InChI=1S/C15H14N4O/c16-14-19-8-15(20-14)4-10-2-1-3-12(13(10)5-15)11-6-17-9-18-7-11/h1-3,6-7,9H,4-5,8H2,(H2,16,19). The Hall–Kier alpha value is -2.43. The summed E-state index contributed by atoms with van der Waals surface area (Å²) in [5.74, 6) is 0. The van der Waals surface area contributed by atoms with Crippen molar-refractivity contribution in [2.45, 2.75) is 18.4 Å². The summed E-state index contributed by atoms with van der Waals surface area (Å²) in [7, 11) is 0. The summed E-state index contributed by atoms with van der Waals surface area (Å²) in [5.41, 5.74) is 10.2. The van der Waals surface area contributed by atoms with Crippen molar-refractivity contribution in [3.05, 3.63) is 48.0 Å². The van der Waals surface area contributed by atoms with Gasteiger partial charge in [0.15, 0.2) is 0 Å². The molecule has 5 heteroatoms. The van der Waals surface area contributed by atoms with E-state index in [1.807, 2.05) is 12.4 Å². The minimum atomic E-state index is -0.280. The normalized spacial score (nSPS) is 23.5. The van der Waals surface area contributed by atoms with Crippen LogP contribution in [0.25, 0.3) is 11.1 Å². The Labute approximate surface area is 116 Å². The molecule has 1 unspecified atom stereocenters. The van der Waals surface area contributed by atoms with E-state index in [1.165, 1.54) is 16.7 Å². The van der Waals surface area contributed by atoms with Crippen molar-refractivity contribution in [2.75, 3.05) is 6.54 Å². The second-order valence-corrected chi connectivity index (χ2v) is 5.36. The number of fused-ring (bicyclic) bond motifs is 1. The van der Waals surface area contributed by atoms with Crippen LogP contribution < -0.4 is 5.73 Å². The molecule has 4 rings (SSSR count). The topological polar surface area (TPSA) is 73.4 Å². The van der Waals surface area contributed by atoms with Gasteiger partial charge in [-0.1, -0.05) is 18.2 Å². The van der Waals surface area contributed by atoms with Gasteiger partial charge in [-0.15, -0.1) is 0 Å². The summed E-state index contributed by atoms with van der Waals surface area (Å²) in [4.78, 5) is 12.4. The predicted octanol–water partition coefficient (Wildman–Crippen LogP) is 1.33. The summed E-state index contributed by atoms with van der Waals surface area (Å²) >= 11 is 0. The third kappa shape index (κ3) is 1.66. The fraction of sp³-hybridized carbons (Fsp3) is 0.267. The average Bonchev–Trinajstić information content (AvgIpc) is 3.01. The molecule has 1 aliphatic heterocycles. The number of benzene rings is 1. The lowest BCUT2D eigenvalue weighted by Gasteiger charge is -2.21. The number of amidine groups is 1. The molecule has 0 saturated heterocycles. The number of aromatic nitrogens is 2. The molecule has 5 nitrogen and oxygen atoms in total. The Morgan fingerprint density at radius 1 is 1.15 bits per heavy atom. The van der Waals surface area contributed by atoms with Crippen molar-refractivity contribution >= 4 is 6.02 Å². The van der Waals surface area contributed by atoms with Crippen LogP contribution in [0.1, 0.15) is 11.1 Å². The molecule has 2 aromatic rings. The third-order valence-electron chi connectivity index (χ3n) is 4.00. The van der Waals surface area contributed by atoms with Gasteiger partial charge in [-0.05, 0) is 16.7 Å². The highest BCUT2D eigenvalue weighted by Gasteiger charge is 2.43. The number of nitrogens with two attached hydrogens (primary N) is 1. The van der Waals surface area contributed by atoms with Crippen molar-refractivity contribution in [3.63, 3.8) is 0 Å². The van der Waals surface area contributed by atoms with Gasteiger partial charge in [0, 0.05) is 30.8 Å². The van der Waals surface area contributed by atoms with E-state index < -0.39 is 0 Å². The van der Waals surface area contributed by atoms with Crippen LogP contribution in [0.15, 0.2) is 41.9 Å². The lowest BCUT2D eigenvalue weighted by atomic mass is 9.97. The minimum Gasteiger partial charge on any atom is -0.456 e. The molecule has 1 atom stereocenters. The monoisotopic (exact) mass is 266 g/mol. The predicted molar refractivity (Wildman–Crippen MR) is 75.2 cm³/mol. The van der Waals surface area contributed by atoms with Crippen molar-refractivity contribution in [1.82, 2.24) is 9.97 Å². The second-order valence-electron chi connectivity index (χ2n) is 5.36. The molecule has 2 heterocycles. The maximum Gasteiger partial charge on any atom is 0.282 e. The van der Waals surface area contributed by atoms with Crippen LogP contribution in [-0.2, 0) is 17.6 Å². The van der Waals surface area contributed by atoms with Crippen LogP contribution in [-0.4, -0.2) is 28.1 Å². The first-order chi connectivity index (χ1) is 9.76. The van der Waals surface area contributed by atoms with Gasteiger partial charge in [0.2, 0.25) is 0 Å². The third-order valence-corrected chi connectivity index (χ3v) is 4.00. The number of ether oxygens (including phenoxy) is 1. The minimum absolute atomic E-state index is 0.280. The molecule has 0 radical (unpaired) electrons. The Morgan fingerprint density at radius 3 is 2.75 bits per heavy atom. The Morgan fingerprint density at radius 2 is 2.00 bits per heavy atom. The highest BCUT2D eigenvalue weighted by molar-refractivity contribution is 5.75. The Kier molecular flexibility index (Phi) is 2.30. The SMILES string of the molecule is NC1=NCC2(Cc3cccc(-c4cncnc4)c3C2)O1. The molecule has 1 aliphatic carbocycles.